The molecular formula is C15H14Cl2N2S. The highest BCUT2D eigenvalue weighted by Crippen LogP contribution is 2.22. The molecule has 2 aromatic carbocycles. The first kappa shape index (κ1) is 15.1. The maximum absolute atomic E-state index is 5.96. The van der Waals surface area contributed by atoms with Gasteiger partial charge in [0.05, 0.1) is 10.0 Å². The van der Waals surface area contributed by atoms with Crippen molar-refractivity contribution in [2.45, 2.75) is 13.1 Å². The molecule has 0 saturated heterocycles. The molecule has 0 atom stereocenters. The first-order chi connectivity index (χ1) is 9.65. The molecule has 2 aromatic rings. The van der Waals surface area contributed by atoms with Crippen LogP contribution >= 0.6 is 35.4 Å². The predicted molar refractivity (Wildman–Crippen MR) is 89.2 cm³/mol. The SMILES string of the molecule is S=C(NCc1ccccc1)NCc1ccc(Cl)c(Cl)c1. The molecule has 5 heteroatoms. The van der Waals surface area contributed by atoms with Gasteiger partial charge >= 0.3 is 0 Å². The summed E-state index contributed by atoms with van der Waals surface area (Å²) in [4.78, 5) is 0. The molecule has 0 bridgehead atoms. The van der Waals surface area contributed by atoms with Crippen LogP contribution in [0.3, 0.4) is 0 Å². The Morgan fingerprint density at radius 3 is 2.15 bits per heavy atom. The molecule has 0 heterocycles. The van der Waals surface area contributed by atoms with Crippen molar-refractivity contribution in [2.24, 2.45) is 0 Å². The average Bonchev–Trinajstić information content (AvgIpc) is 2.47. The summed E-state index contributed by atoms with van der Waals surface area (Å²) in [5.41, 5.74) is 2.22. The average molecular weight is 325 g/mol. The minimum Gasteiger partial charge on any atom is -0.359 e. The summed E-state index contributed by atoms with van der Waals surface area (Å²) in [5.74, 6) is 0. The van der Waals surface area contributed by atoms with Gasteiger partial charge in [0.25, 0.3) is 0 Å². The summed E-state index contributed by atoms with van der Waals surface area (Å²) in [7, 11) is 0. The Morgan fingerprint density at radius 2 is 1.50 bits per heavy atom. The molecule has 0 amide bonds. The molecule has 0 aliphatic rings. The Balaban J connectivity index is 1.79. The minimum atomic E-state index is 0.550. The fourth-order valence-electron chi connectivity index (χ4n) is 1.67. The lowest BCUT2D eigenvalue weighted by Crippen LogP contribution is -2.34. The molecule has 0 aliphatic heterocycles. The van der Waals surface area contributed by atoms with E-state index in [0.29, 0.717) is 28.2 Å². The van der Waals surface area contributed by atoms with Crippen molar-refractivity contribution in [3.05, 3.63) is 69.7 Å². The maximum atomic E-state index is 5.96. The number of hydrogen-bond acceptors (Lipinski definition) is 1. The lowest BCUT2D eigenvalue weighted by molar-refractivity contribution is 0.833. The van der Waals surface area contributed by atoms with E-state index >= 15 is 0 Å². The molecular weight excluding hydrogens is 311 g/mol. The fraction of sp³-hybridized carbons (Fsp3) is 0.133. The van der Waals surface area contributed by atoms with Crippen molar-refractivity contribution >= 4 is 40.5 Å². The zero-order valence-electron chi connectivity index (χ0n) is 10.7. The van der Waals surface area contributed by atoms with E-state index in [-0.39, 0.29) is 0 Å². The molecule has 0 radical (unpaired) electrons. The van der Waals surface area contributed by atoms with Gasteiger partial charge in [0.2, 0.25) is 0 Å². The number of rotatable bonds is 4. The van der Waals surface area contributed by atoms with Gasteiger partial charge < -0.3 is 10.6 Å². The largest absolute Gasteiger partial charge is 0.359 e. The third kappa shape index (κ3) is 4.67. The van der Waals surface area contributed by atoms with Crippen LogP contribution in [-0.2, 0) is 13.1 Å². The van der Waals surface area contributed by atoms with Gasteiger partial charge in [0.1, 0.15) is 0 Å². The van der Waals surface area contributed by atoms with Gasteiger partial charge in [-0.15, -0.1) is 0 Å². The van der Waals surface area contributed by atoms with Crippen molar-refractivity contribution in [1.29, 1.82) is 0 Å². The van der Waals surface area contributed by atoms with Crippen LogP contribution in [0.2, 0.25) is 10.0 Å². The van der Waals surface area contributed by atoms with Crippen LogP contribution in [-0.4, -0.2) is 5.11 Å². The van der Waals surface area contributed by atoms with Gasteiger partial charge in [-0.3, -0.25) is 0 Å². The van der Waals surface area contributed by atoms with E-state index < -0.39 is 0 Å². The fourth-order valence-corrected chi connectivity index (χ4v) is 2.14. The van der Waals surface area contributed by atoms with Crippen LogP contribution in [0.15, 0.2) is 48.5 Å². The Labute approximate surface area is 134 Å². The van der Waals surface area contributed by atoms with Crippen LogP contribution in [0.25, 0.3) is 0 Å². The predicted octanol–water partition coefficient (Wildman–Crippen LogP) is 4.16. The van der Waals surface area contributed by atoms with Crippen LogP contribution in [0.4, 0.5) is 0 Å². The number of halogens is 2. The Kier molecular flexibility index (Phi) is 5.65. The highest BCUT2D eigenvalue weighted by atomic mass is 35.5. The number of thiocarbonyl (C=S) groups is 1. The van der Waals surface area contributed by atoms with Gasteiger partial charge in [0.15, 0.2) is 5.11 Å². The van der Waals surface area contributed by atoms with Gasteiger partial charge in [-0.25, -0.2) is 0 Å². The van der Waals surface area contributed by atoms with Crippen molar-refractivity contribution in [3.63, 3.8) is 0 Å². The Hall–Kier alpha value is -1.29. The van der Waals surface area contributed by atoms with Gasteiger partial charge in [-0.2, -0.15) is 0 Å². The summed E-state index contributed by atoms with van der Waals surface area (Å²) in [6.07, 6.45) is 0. The quantitative estimate of drug-likeness (QED) is 0.826. The second kappa shape index (κ2) is 7.48. The summed E-state index contributed by atoms with van der Waals surface area (Å²) in [5, 5.41) is 8.01. The van der Waals surface area contributed by atoms with Gasteiger partial charge in [-0.05, 0) is 35.5 Å². The third-order valence-electron chi connectivity index (χ3n) is 2.73. The normalized spacial score (nSPS) is 10.1. The van der Waals surface area contributed by atoms with E-state index in [0.717, 1.165) is 5.56 Å². The van der Waals surface area contributed by atoms with E-state index in [1.165, 1.54) is 5.56 Å². The number of hydrogen-bond donors (Lipinski definition) is 2. The van der Waals surface area contributed by atoms with Crippen LogP contribution in [0.1, 0.15) is 11.1 Å². The third-order valence-corrected chi connectivity index (χ3v) is 3.76. The van der Waals surface area contributed by atoms with E-state index in [1.54, 1.807) is 6.07 Å². The Morgan fingerprint density at radius 1 is 0.850 bits per heavy atom. The molecule has 2 rings (SSSR count). The summed E-state index contributed by atoms with van der Waals surface area (Å²) < 4.78 is 0. The molecule has 0 aliphatic carbocycles. The zero-order chi connectivity index (χ0) is 14.4. The van der Waals surface area contributed by atoms with E-state index in [1.807, 2.05) is 30.3 Å². The van der Waals surface area contributed by atoms with Crippen LogP contribution in [0, 0.1) is 0 Å². The zero-order valence-corrected chi connectivity index (χ0v) is 13.0. The standard InChI is InChI=1S/C15H14Cl2N2S/c16-13-7-6-12(8-14(13)17)10-19-15(20)18-9-11-4-2-1-3-5-11/h1-8H,9-10H2,(H2,18,19,20). The van der Waals surface area contributed by atoms with Crippen molar-refractivity contribution < 1.29 is 0 Å². The molecule has 0 unspecified atom stereocenters. The highest BCUT2D eigenvalue weighted by Gasteiger charge is 2.01. The molecule has 2 N–H and O–H groups in total. The molecule has 0 fully saturated rings. The molecule has 0 spiro atoms. The summed E-state index contributed by atoms with van der Waals surface area (Å²) in [6, 6.07) is 15.6. The minimum absolute atomic E-state index is 0.550. The monoisotopic (exact) mass is 324 g/mol. The van der Waals surface area contributed by atoms with Gasteiger partial charge in [0, 0.05) is 13.1 Å². The molecule has 20 heavy (non-hydrogen) atoms. The molecule has 2 nitrogen and oxygen atoms in total. The van der Waals surface area contributed by atoms with Crippen LogP contribution < -0.4 is 10.6 Å². The smallest absolute Gasteiger partial charge is 0.166 e. The Bertz CT molecular complexity index is 588. The molecule has 0 saturated carbocycles. The second-order valence-corrected chi connectivity index (χ2v) is 5.49. The lowest BCUT2D eigenvalue weighted by atomic mass is 10.2. The van der Waals surface area contributed by atoms with Crippen molar-refractivity contribution in [2.75, 3.05) is 0 Å². The highest BCUT2D eigenvalue weighted by molar-refractivity contribution is 7.80. The molecule has 0 aromatic heterocycles. The van der Waals surface area contributed by atoms with Crippen LogP contribution in [0.5, 0.6) is 0 Å². The lowest BCUT2D eigenvalue weighted by Gasteiger charge is -2.11. The number of benzene rings is 2. The second-order valence-electron chi connectivity index (χ2n) is 4.27. The number of nitrogens with one attached hydrogen (secondary N) is 2. The summed E-state index contributed by atoms with van der Waals surface area (Å²) >= 11 is 17.1. The topological polar surface area (TPSA) is 24.1 Å². The van der Waals surface area contributed by atoms with E-state index in [4.69, 9.17) is 35.4 Å². The van der Waals surface area contributed by atoms with Gasteiger partial charge in [-0.1, -0.05) is 59.6 Å². The first-order valence-corrected chi connectivity index (χ1v) is 7.31. The van der Waals surface area contributed by atoms with Crippen molar-refractivity contribution in [1.82, 2.24) is 10.6 Å². The van der Waals surface area contributed by atoms with Crippen molar-refractivity contribution in [3.8, 4) is 0 Å². The molecule has 104 valence electrons. The van der Waals surface area contributed by atoms with E-state index in [9.17, 15) is 0 Å². The first-order valence-electron chi connectivity index (χ1n) is 6.15. The van der Waals surface area contributed by atoms with E-state index in [2.05, 4.69) is 22.8 Å². The maximum Gasteiger partial charge on any atom is 0.166 e. The summed E-state index contributed by atoms with van der Waals surface area (Å²) in [6.45, 7) is 1.31.